The quantitative estimate of drug-likeness (QED) is 0.603. The Morgan fingerprint density at radius 1 is 1.12 bits per heavy atom. The van der Waals surface area contributed by atoms with Gasteiger partial charge in [-0.15, -0.1) is 11.8 Å². The normalized spacial score (nSPS) is 10.2. The number of carboxylic acids is 2. The summed E-state index contributed by atoms with van der Waals surface area (Å²) in [5.41, 5.74) is 0.0350. The molecular formula is C12H14O4S. The summed E-state index contributed by atoms with van der Waals surface area (Å²) in [4.78, 5) is 22.4. The lowest BCUT2D eigenvalue weighted by molar-refractivity contribution is 0.0696. The second-order valence-electron chi connectivity index (χ2n) is 3.56. The zero-order valence-corrected chi connectivity index (χ0v) is 10.3. The lowest BCUT2D eigenvalue weighted by Gasteiger charge is -2.04. The van der Waals surface area contributed by atoms with Gasteiger partial charge in [-0.1, -0.05) is 13.3 Å². The van der Waals surface area contributed by atoms with Crippen LogP contribution in [0.2, 0.25) is 0 Å². The van der Waals surface area contributed by atoms with Gasteiger partial charge in [0.2, 0.25) is 0 Å². The van der Waals surface area contributed by atoms with Gasteiger partial charge in [0.1, 0.15) is 0 Å². The maximum Gasteiger partial charge on any atom is 0.335 e. The lowest BCUT2D eigenvalue weighted by atomic mass is 10.1. The summed E-state index contributed by atoms with van der Waals surface area (Å²) in [7, 11) is 0. The Balaban J connectivity index is 2.95. The van der Waals surface area contributed by atoms with Crippen LogP contribution in [-0.4, -0.2) is 27.9 Å². The summed E-state index contributed by atoms with van der Waals surface area (Å²) in [6.07, 6.45) is 2.07. The fourth-order valence-corrected chi connectivity index (χ4v) is 2.35. The van der Waals surface area contributed by atoms with Crippen LogP contribution in [-0.2, 0) is 0 Å². The zero-order valence-electron chi connectivity index (χ0n) is 9.47. The highest BCUT2D eigenvalue weighted by molar-refractivity contribution is 7.99. The summed E-state index contributed by atoms with van der Waals surface area (Å²) in [5.74, 6) is -1.35. The first-order valence-electron chi connectivity index (χ1n) is 5.29. The molecule has 0 saturated carbocycles. The Morgan fingerprint density at radius 3 is 2.06 bits per heavy atom. The summed E-state index contributed by atoms with van der Waals surface area (Å²) < 4.78 is 0. The summed E-state index contributed by atoms with van der Waals surface area (Å²) >= 11 is 1.48. The highest BCUT2D eigenvalue weighted by Gasteiger charge is 2.11. The molecule has 4 nitrogen and oxygen atoms in total. The van der Waals surface area contributed by atoms with Gasteiger partial charge in [-0.25, -0.2) is 9.59 Å². The summed E-state index contributed by atoms with van der Waals surface area (Å²) in [6.45, 7) is 2.07. The van der Waals surface area contributed by atoms with E-state index in [1.54, 1.807) is 0 Å². The predicted octanol–water partition coefficient (Wildman–Crippen LogP) is 2.98. The van der Waals surface area contributed by atoms with Gasteiger partial charge in [0.25, 0.3) is 0 Å². The van der Waals surface area contributed by atoms with Crippen molar-refractivity contribution in [2.45, 2.75) is 24.7 Å². The number of carbonyl (C=O) groups is 2. The van der Waals surface area contributed by atoms with E-state index < -0.39 is 11.9 Å². The lowest BCUT2D eigenvalue weighted by Crippen LogP contribution is -2.02. The molecule has 0 bridgehead atoms. The molecule has 0 radical (unpaired) electrons. The van der Waals surface area contributed by atoms with Crippen molar-refractivity contribution in [2.75, 3.05) is 5.75 Å². The number of thioether (sulfide) groups is 1. The van der Waals surface area contributed by atoms with Crippen LogP contribution >= 0.6 is 11.8 Å². The molecule has 1 aromatic carbocycles. The molecule has 1 aromatic rings. The minimum absolute atomic E-state index is 0.0175. The molecule has 92 valence electrons. The van der Waals surface area contributed by atoms with Crippen molar-refractivity contribution in [2.24, 2.45) is 0 Å². The highest BCUT2D eigenvalue weighted by atomic mass is 32.2. The van der Waals surface area contributed by atoms with Crippen LogP contribution in [0.4, 0.5) is 0 Å². The highest BCUT2D eigenvalue weighted by Crippen LogP contribution is 2.22. The van der Waals surface area contributed by atoms with Gasteiger partial charge < -0.3 is 10.2 Å². The van der Waals surface area contributed by atoms with Gasteiger partial charge in [-0.3, -0.25) is 0 Å². The van der Waals surface area contributed by atoms with Crippen LogP contribution in [0.1, 0.15) is 40.5 Å². The Kier molecular flexibility index (Phi) is 5.03. The standard InChI is InChI=1S/C12H14O4S/c1-2-3-4-17-10-6-8(11(13)14)5-9(7-10)12(15)16/h5-7H,2-4H2,1H3,(H,13,14)(H,15,16). The van der Waals surface area contributed by atoms with Gasteiger partial charge in [0, 0.05) is 4.90 Å². The number of hydrogen-bond acceptors (Lipinski definition) is 3. The van der Waals surface area contributed by atoms with E-state index in [0.29, 0.717) is 4.90 Å². The molecule has 17 heavy (non-hydrogen) atoms. The average Bonchev–Trinajstić information content (AvgIpc) is 2.29. The average molecular weight is 254 g/mol. The van der Waals surface area contributed by atoms with Crippen molar-refractivity contribution in [1.29, 1.82) is 0 Å². The van der Waals surface area contributed by atoms with Gasteiger partial charge in [0.05, 0.1) is 11.1 Å². The molecule has 1 rings (SSSR count). The minimum Gasteiger partial charge on any atom is -0.478 e. The van der Waals surface area contributed by atoms with E-state index in [9.17, 15) is 9.59 Å². The Morgan fingerprint density at radius 2 is 1.65 bits per heavy atom. The molecule has 0 aliphatic heterocycles. The number of benzene rings is 1. The third-order valence-electron chi connectivity index (χ3n) is 2.17. The van der Waals surface area contributed by atoms with E-state index in [4.69, 9.17) is 10.2 Å². The molecule has 0 aromatic heterocycles. The van der Waals surface area contributed by atoms with Crippen molar-refractivity contribution in [3.05, 3.63) is 29.3 Å². The van der Waals surface area contributed by atoms with Gasteiger partial charge >= 0.3 is 11.9 Å². The van der Waals surface area contributed by atoms with Crippen LogP contribution in [0.3, 0.4) is 0 Å². The molecule has 0 aliphatic carbocycles. The molecule has 0 amide bonds. The van der Waals surface area contributed by atoms with E-state index in [-0.39, 0.29) is 11.1 Å². The first-order chi connectivity index (χ1) is 8.04. The fraction of sp³-hybridized carbons (Fsp3) is 0.333. The fourth-order valence-electron chi connectivity index (χ4n) is 1.26. The molecule has 0 heterocycles. The van der Waals surface area contributed by atoms with Crippen LogP contribution in [0, 0.1) is 0 Å². The van der Waals surface area contributed by atoms with Crippen molar-refractivity contribution in [3.8, 4) is 0 Å². The van der Waals surface area contributed by atoms with Crippen LogP contribution in [0.25, 0.3) is 0 Å². The molecule has 0 atom stereocenters. The summed E-state index contributed by atoms with van der Waals surface area (Å²) in [5, 5.41) is 17.8. The third-order valence-corrected chi connectivity index (χ3v) is 3.23. The van der Waals surface area contributed by atoms with Crippen LogP contribution in [0.15, 0.2) is 23.1 Å². The third kappa shape index (κ3) is 4.11. The SMILES string of the molecule is CCCCSc1cc(C(=O)O)cc(C(=O)O)c1. The molecule has 0 aliphatic rings. The van der Waals surface area contributed by atoms with E-state index in [1.807, 2.05) is 0 Å². The molecule has 0 fully saturated rings. The first kappa shape index (κ1) is 13.6. The molecule has 5 heteroatoms. The molecule has 0 saturated heterocycles. The molecular weight excluding hydrogens is 240 g/mol. The minimum atomic E-state index is -1.11. The second kappa shape index (κ2) is 6.30. The molecule has 2 N–H and O–H groups in total. The van der Waals surface area contributed by atoms with Crippen molar-refractivity contribution in [3.63, 3.8) is 0 Å². The number of carboxylic acid groups (broad SMARTS) is 2. The maximum absolute atomic E-state index is 10.9. The Labute approximate surface area is 104 Å². The first-order valence-corrected chi connectivity index (χ1v) is 6.27. The summed E-state index contributed by atoms with van der Waals surface area (Å²) in [6, 6.07) is 4.19. The molecule has 0 spiro atoms. The van der Waals surface area contributed by atoms with Crippen LogP contribution in [0.5, 0.6) is 0 Å². The van der Waals surface area contributed by atoms with Gasteiger partial charge in [0.15, 0.2) is 0 Å². The predicted molar refractivity (Wildman–Crippen MR) is 66.0 cm³/mol. The van der Waals surface area contributed by atoms with E-state index in [0.717, 1.165) is 18.6 Å². The number of rotatable bonds is 6. The van der Waals surface area contributed by atoms with Crippen LogP contribution < -0.4 is 0 Å². The van der Waals surface area contributed by atoms with Gasteiger partial charge in [-0.2, -0.15) is 0 Å². The Bertz CT molecular complexity index is 396. The number of aromatic carboxylic acids is 2. The number of hydrogen-bond donors (Lipinski definition) is 2. The maximum atomic E-state index is 10.9. The van der Waals surface area contributed by atoms with E-state index >= 15 is 0 Å². The smallest absolute Gasteiger partial charge is 0.335 e. The monoisotopic (exact) mass is 254 g/mol. The largest absolute Gasteiger partial charge is 0.478 e. The van der Waals surface area contributed by atoms with Crippen molar-refractivity contribution in [1.82, 2.24) is 0 Å². The molecule has 0 unspecified atom stereocenters. The van der Waals surface area contributed by atoms with E-state index in [2.05, 4.69) is 6.92 Å². The van der Waals surface area contributed by atoms with Crippen molar-refractivity contribution >= 4 is 23.7 Å². The Hall–Kier alpha value is -1.49. The van der Waals surface area contributed by atoms with Gasteiger partial charge in [-0.05, 0) is 30.4 Å². The topological polar surface area (TPSA) is 74.6 Å². The van der Waals surface area contributed by atoms with Crippen molar-refractivity contribution < 1.29 is 19.8 Å². The zero-order chi connectivity index (χ0) is 12.8. The second-order valence-corrected chi connectivity index (χ2v) is 4.73. The number of unbranched alkanes of at least 4 members (excludes halogenated alkanes) is 1. The van der Waals surface area contributed by atoms with E-state index in [1.165, 1.54) is 30.0 Å².